The Kier molecular flexibility index (Phi) is 7.98. The Balaban J connectivity index is 1.81. The fourth-order valence-corrected chi connectivity index (χ4v) is 6.80. The van der Waals surface area contributed by atoms with Crippen molar-refractivity contribution in [3.05, 3.63) is 92.7 Å². The van der Waals surface area contributed by atoms with Gasteiger partial charge in [0.05, 0.1) is 13.2 Å². The monoisotopic (exact) mass is 612 g/mol. The van der Waals surface area contributed by atoms with Crippen LogP contribution in [-0.2, 0) is 24.5 Å². The van der Waals surface area contributed by atoms with Crippen LogP contribution in [0.4, 0.5) is 10.1 Å². The summed E-state index contributed by atoms with van der Waals surface area (Å²) in [6.07, 6.45) is 0.503. The second kappa shape index (κ2) is 11.2. The number of methoxy groups -OCH3 is 1. The Bertz CT molecular complexity index is 1590. The van der Waals surface area contributed by atoms with Gasteiger partial charge in [-0.15, -0.1) is 0 Å². The van der Waals surface area contributed by atoms with Gasteiger partial charge < -0.3 is 20.1 Å². The van der Waals surface area contributed by atoms with Crippen molar-refractivity contribution in [2.45, 2.75) is 63.0 Å². The van der Waals surface area contributed by atoms with Crippen molar-refractivity contribution in [1.29, 1.82) is 0 Å². The van der Waals surface area contributed by atoms with Crippen LogP contribution in [-0.4, -0.2) is 30.5 Å². The first-order chi connectivity index (χ1) is 20.0. The van der Waals surface area contributed by atoms with Crippen LogP contribution in [0.3, 0.4) is 0 Å². The number of rotatable bonds is 7. The summed E-state index contributed by atoms with van der Waals surface area (Å²) in [5, 5.41) is 6.74. The topological polar surface area (TPSA) is 93.7 Å². The zero-order chi connectivity index (χ0) is 30.4. The summed E-state index contributed by atoms with van der Waals surface area (Å²) in [4.78, 5) is 40.8. The molecule has 42 heavy (non-hydrogen) atoms. The minimum Gasteiger partial charge on any atom is -0.475 e. The first kappa shape index (κ1) is 29.9. The number of halogens is 3. The average molecular weight is 614 g/mol. The molecule has 2 heterocycles. The molecule has 0 bridgehead atoms. The molecular formula is C32H31Cl2FN2O5. The molecule has 0 aromatic heterocycles. The van der Waals surface area contributed by atoms with Gasteiger partial charge in [-0.3, -0.25) is 9.59 Å². The number of nitrogens with one attached hydrogen (secondary N) is 2. The maximum atomic E-state index is 14.7. The number of piperidine rings is 1. The molecule has 0 unspecified atom stereocenters. The maximum absolute atomic E-state index is 14.7. The number of anilines is 1. The molecule has 220 valence electrons. The zero-order valence-corrected chi connectivity index (χ0v) is 25.2. The van der Waals surface area contributed by atoms with E-state index in [0.717, 1.165) is 0 Å². The summed E-state index contributed by atoms with van der Waals surface area (Å²) in [7, 11) is 1.30. The third-order valence-electron chi connectivity index (χ3n) is 8.66. The van der Waals surface area contributed by atoms with Gasteiger partial charge in [-0.25, -0.2) is 9.18 Å². The summed E-state index contributed by atoms with van der Waals surface area (Å²) in [5.74, 6) is -2.33. The maximum Gasteiger partial charge on any atom is 0.350 e. The highest BCUT2D eigenvalue weighted by Gasteiger charge is 2.62. The molecule has 1 fully saturated rings. The van der Waals surface area contributed by atoms with Crippen LogP contribution in [0.2, 0.25) is 10.0 Å². The molecule has 3 aromatic rings. The van der Waals surface area contributed by atoms with Crippen molar-refractivity contribution in [3.8, 4) is 5.75 Å². The molecule has 0 saturated carbocycles. The molecule has 5 rings (SSSR count). The molecule has 10 heteroatoms. The van der Waals surface area contributed by atoms with E-state index < -0.39 is 40.7 Å². The van der Waals surface area contributed by atoms with Gasteiger partial charge in [-0.05, 0) is 78.9 Å². The second-order valence-corrected chi connectivity index (χ2v) is 11.6. The van der Waals surface area contributed by atoms with E-state index in [2.05, 4.69) is 10.6 Å². The van der Waals surface area contributed by atoms with Gasteiger partial charge in [0, 0.05) is 33.6 Å². The van der Waals surface area contributed by atoms with E-state index in [-0.39, 0.29) is 18.1 Å². The van der Waals surface area contributed by atoms with Crippen LogP contribution in [0.5, 0.6) is 5.75 Å². The molecule has 2 aliphatic heterocycles. The van der Waals surface area contributed by atoms with Gasteiger partial charge in [0.25, 0.3) is 0 Å². The Hall–Kier alpha value is -3.62. The number of carbonyl (C=O) groups excluding carboxylic acids is 3. The summed E-state index contributed by atoms with van der Waals surface area (Å²) < 4.78 is 26.3. The minimum atomic E-state index is -1.46. The lowest BCUT2D eigenvalue weighted by Gasteiger charge is -2.47. The van der Waals surface area contributed by atoms with E-state index in [1.807, 2.05) is 13.8 Å². The lowest BCUT2D eigenvalue weighted by molar-refractivity contribution is -0.160. The van der Waals surface area contributed by atoms with E-state index >= 15 is 0 Å². The molecule has 1 saturated heterocycles. The zero-order valence-electron chi connectivity index (χ0n) is 23.6. The van der Waals surface area contributed by atoms with Crippen molar-refractivity contribution in [2.75, 3.05) is 12.4 Å². The first-order valence-corrected chi connectivity index (χ1v) is 14.5. The summed E-state index contributed by atoms with van der Waals surface area (Å²) >= 11 is 12.9. The molecule has 2 amide bonds. The highest BCUT2D eigenvalue weighted by molar-refractivity contribution is 6.31. The molecule has 0 aliphatic carbocycles. The number of benzene rings is 3. The molecule has 7 nitrogen and oxygen atoms in total. The molecule has 1 spiro atoms. The number of hydrogen-bond acceptors (Lipinski definition) is 5. The van der Waals surface area contributed by atoms with Gasteiger partial charge in [0.15, 0.2) is 0 Å². The molecule has 2 aliphatic rings. The summed E-state index contributed by atoms with van der Waals surface area (Å²) in [6, 6.07) is 13.3. The normalized spacial score (nSPS) is 21.5. The van der Waals surface area contributed by atoms with Crippen molar-refractivity contribution < 1.29 is 28.2 Å². The number of aryl methyl sites for hydroxylation is 1. The highest BCUT2D eigenvalue weighted by atomic mass is 35.5. The Labute approximate surface area is 253 Å². The van der Waals surface area contributed by atoms with Crippen molar-refractivity contribution in [1.82, 2.24) is 5.32 Å². The van der Waals surface area contributed by atoms with Crippen LogP contribution in [0.1, 0.15) is 67.3 Å². The molecule has 3 atom stereocenters. The number of ether oxygens (including phenoxy) is 2. The van der Waals surface area contributed by atoms with Crippen molar-refractivity contribution in [3.63, 3.8) is 0 Å². The standard InChI is InChI=1S/C32H31Cl2FN2O5/c1-5-31(6-2,30(40)41-4)42-26-12-9-18(33)13-22(26)24-16-27(38)37-28(21-15-20(35)10-7-17(21)3)32(24)23-11-8-19(34)14-25(23)36-29(32)39/h7-15,24,28H,5-6,16H2,1-4H3,(H,36,39)(H,37,38)/t24-,28+,32-/m1/s1. The van der Waals surface area contributed by atoms with Crippen LogP contribution in [0.15, 0.2) is 54.6 Å². The van der Waals surface area contributed by atoms with Crippen molar-refractivity contribution >= 4 is 46.7 Å². The van der Waals surface area contributed by atoms with Crippen LogP contribution < -0.4 is 15.4 Å². The average Bonchev–Trinajstić information content (AvgIpc) is 3.25. The Morgan fingerprint density at radius 1 is 1.02 bits per heavy atom. The fraction of sp³-hybridized carbons (Fsp3) is 0.344. The van der Waals surface area contributed by atoms with Gasteiger partial charge in [0.2, 0.25) is 17.4 Å². The van der Waals surface area contributed by atoms with Crippen molar-refractivity contribution in [2.24, 2.45) is 0 Å². The summed E-state index contributed by atoms with van der Waals surface area (Å²) in [5.41, 5.74) is -0.0765. The SMILES string of the molecule is CCC(CC)(Oc1ccc(Cl)cc1[C@H]1CC(=O)N[C@@H](c2cc(F)ccc2C)[C@]12C(=O)Nc1cc(Cl)ccc12)C(=O)OC. The third-order valence-corrected chi connectivity index (χ3v) is 9.13. The van der Waals surface area contributed by atoms with Gasteiger partial charge in [-0.1, -0.05) is 49.2 Å². The Morgan fingerprint density at radius 3 is 2.40 bits per heavy atom. The van der Waals surface area contributed by atoms with E-state index in [4.69, 9.17) is 32.7 Å². The van der Waals surface area contributed by atoms with E-state index in [0.29, 0.717) is 50.8 Å². The van der Waals surface area contributed by atoms with Crippen LogP contribution in [0, 0.1) is 12.7 Å². The quantitative estimate of drug-likeness (QED) is 0.287. The molecule has 3 aromatic carbocycles. The lowest BCUT2D eigenvalue weighted by Crippen LogP contribution is -2.57. The largest absolute Gasteiger partial charge is 0.475 e. The number of amides is 2. The van der Waals surface area contributed by atoms with Crippen LogP contribution >= 0.6 is 23.2 Å². The highest BCUT2D eigenvalue weighted by Crippen LogP contribution is 2.59. The molecule has 0 radical (unpaired) electrons. The van der Waals surface area contributed by atoms with Gasteiger partial charge in [0.1, 0.15) is 17.0 Å². The Morgan fingerprint density at radius 2 is 1.71 bits per heavy atom. The summed E-state index contributed by atoms with van der Waals surface area (Å²) in [6.45, 7) is 5.44. The fourth-order valence-electron chi connectivity index (χ4n) is 6.45. The predicted molar refractivity (Wildman–Crippen MR) is 159 cm³/mol. The second-order valence-electron chi connectivity index (χ2n) is 10.7. The van der Waals surface area contributed by atoms with Crippen LogP contribution in [0.25, 0.3) is 0 Å². The molecule has 2 N–H and O–H groups in total. The predicted octanol–water partition coefficient (Wildman–Crippen LogP) is 6.79. The smallest absolute Gasteiger partial charge is 0.350 e. The van der Waals surface area contributed by atoms with Gasteiger partial charge in [-0.2, -0.15) is 0 Å². The first-order valence-electron chi connectivity index (χ1n) is 13.7. The third kappa shape index (κ3) is 4.71. The lowest BCUT2D eigenvalue weighted by atomic mass is 9.59. The number of carbonyl (C=O) groups is 3. The number of fused-ring (bicyclic) bond motifs is 2. The number of esters is 1. The van der Waals surface area contributed by atoms with E-state index in [1.165, 1.54) is 19.2 Å². The minimum absolute atomic E-state index is 0.111. The van der Waals surface area contributed by atoms with Gasteiger partial charge >= 0.3 is 5.97 Å². The van der Waals surface area contributed by atoms with E-state index in [9.17, 15) is 18.8 Å². The van der Waals surface area contributed by atoms with E-state index in [1.54, 1.807) is 49.4 Å². The molecular weight excluding hydrogens is 582 g/mol. The number of hydrogen-bond donors (Lipinski definition) is 2.